The Morgan fingerprint density at radius 3 is 2.30 bits per heavy atom. The van der Waals surface area contributed by atoms with Gasteiger partial charge in [0, 0.05) is 0 Å². The summed E-state index contributed by atoms with van der Waals surface area (Å²) in [5, 5.41) is 3.07. The van der Waals surface area contributed by atoms with Gasteiger partial charge < -0.3 is 19.2 Å². The highest BCUT2D eigenvalue weighted by Gasteiger charge is 2.13. The monoisotopic (exact) mass is 399 g/mol. The zero-order chi connectivity index (χ0) is 16.8. The topological polar surface area (TPSA) is 84.8 Å². The molecule has 9 heteroatoms. The lowest BCUT2D eigenvalue weighted by Crippen LogP contribution is -2.43. The first kappa shape index (κ1) is 17.1. The van der Waals surface area contributed by atoms with E-state index in [0.717, 1.165) is 0 Å². The maximum atomic E-state index is 11.8. The van der Waals surface area contributed by atoms with Crippen LogP contribution < -0.4 is 25.6 Å². The fourth-order valence-electron chi connectivity index (χ4n) is 1.73. The number of benzene rings is 1. The second-order valence-electron chi connectivity index (χ2n) is 4.17. The Hall–Kier alpha value is -2.26. The summed E-state index contributed by atoms with van der Waals surface area (Å²) < 4.78 is 16.1. The zero-order valence-corrected chi connectivity index (χ0v) is 14.7. The molecular formula is C14H14BrN3O4S. The van der Waals surface area contributed by atoms with E-state index in [0.29, 0.717) is 21.9 Å². The third-order valence-corrected chi connectivity index (χ3v) is 3.38. The standard InChI is InChI=1S/C14H14BrN3O4S/c1-20-8-4-3-5-9(21-2)12(8)16-14(23)18-17-13(19)10-6-7-11(15)22-10/h3-7H,1-2H3,(H,17,19)(H2,16,18,23). The molecule has 1 aromatic heterocycles. The third kappa shape index (κ3) is 4.36. The number of anilines is 1. The van der Waals surface area contributed by atoms with Gasteiger partial charge in [-0.25, -0.2) is 0 Å². The van der Waals surface area contributed by atoms with Crippen LogP contribution in [0.2, 0.25) is 0 Å². The minimum absolute atomic E-state index is 0.141. The molecule has 3 N–H and O–H groups in total. The lowest BCUT2D eigenvalue weighted by Gasteiger charge is -2.16. The Labute approximate surface area is 146 Å². The van der Waals surface area contributed by atoms with E-state index in [9.17, 15) is 4.79 Å². The Morgan fingerprint density at radius 2 is 1.78 bits per heavy atom. The molecule has 1 heterocycles. The SMILES string of the molecule is COc1cccc(OC)c1NC(=S)NNC(=O)c1ccc(Br)o1. The van der Waals surface area contributed by atoms with Crippen LogP contribution in [0.15, 0.2) is 39.4 Å². The first-order valence-corrected chi connectivity index (χ1v) is 7.59. The molecule has 0 aliphatic carbocycles. The molecule has 0 saturated carbocycles. The average Bonchev–Trinajstić information content (AvgIpc) is 2.99. The molecule has 7 nitrogen and oxygen atoms in total. The summed E-state index contributed by atoms with van der Waals surface area (Å²) in [6.07, 6.45) is 0. The quantitative estimate of drug-likeness (QED) is 0.538. The Balaban J connectivity index is 1.99. The maximum absolute atomic E-state index is 11.8. The Kier molecular flexibility index (Phi) is 5.83. The maximum Gasteiger partial charge on any atom is 0.305 e. The molecule has 0 spiro atoms. The number of methoxy groups -OCH3 is 2. The number of nitrogens with one attached hydrogen (secondary N) is 3. The van der Waals surface area contributed by atoms with Crippen molar-refractivity contribution in [1.82, 2.24) is 10.9 Å². The van der Waals surface area contributed by atoms with Crippen molar-refractivity contribution in [2.24, 2.45) is 0 Å². The van der Waals surface area contributed by atoms with E-state index >= 15 is 0 Å². The fourth-order valence-corrected chi connectivity index (χ4v) is 2.19. The number of halogens is 1. The second-order valence-corrected chi connectivity index (χ2v) is 5.36. The van der Waals surface area contributed by atoms with E-state index in [-0.39, 0.29) is 10.9 Å². The molecule has 2 rings (SSSR count). The predicted octanol–water partition coefficient (Wildman–Crippen LogP) is 2.69. The molecule has 1 aromatic carbocycles. The summed E-state index contributed by atoms with van der Waals surface area (Å²) in [6, 6.07) is 8.45. The number of carbonyl (C=O) groups is 1. The molecule has 0 saturated heterocycles. The highest BCUT2D eigenvalue weighted by atomic mass is 79.9. The van der Waals surface area contributed by atoms with Gasteiger partial charge in [-0.1, -0.05) is 6.07 Å². The molecule has 1 amide bonds. The lowest BCUT2D eigenvalue weighted by molar-refractivity contribution is 0.0915. The van der Waals surface area contributed by atoms with Crippen molar-refractivity contribution in [3.05, 3.63) is 40.8 Å². The van der Waals surface area contributed by atoms with Gasteiger partial charge in [0.25, 0.3) is 0 Å². The molecule has 0 bridgehead atoms. The van der Waals surface area contributed by atoms with E-state index in [1.807, 2.05) is 0 Å². The van der Waals surface area contributed by atoms with Gasteiger partial charge in [-0.2, -0.15) is 0 Å². The van der Waals surface area contributed by atoms with Gasteiger partial charge >= 0.3 is 5.91 Å². The van der Waals surface area contributed by atoms with Crippen molar-refractivity contribution in [3.63, 3.8) is 0 Å². The number of para-hydroxylation sites is 1. The normalized spacial score (nSPS) is 9.87. The highest BCUT2D eigenvalue weighted by molar-refractivity contribution is 9.10. The molecule has 0 fully saturated rings. The number of hydrogen-bond donors (Lipinski definition) is 3. The second kappa shape index (κ2) is 7.84. The summed E-state index contributed by atoms with van der Waals surface area (Å²) in [5.41, 5.74) is 5.54. The summed E-state index contributed by atoms with van der Waals surface area (Å²) in [6.45, 7) is 0. The van der Waals surface area contributed by atoms with Gasteiger partial charge in [-0.05, 0) is 52.4 Å². The number of hydrazine groups is 1. The number of ether oxygens (including phenoxy) is 2. The van der Waals surface area contributed by atoms with Crippen molar-refractivity contribution >= 4 is 44.9 Å². The van der Waals surface area contributed by atoms with Crippen LogP contribution in [0.25, 0.3) is 0 Å². The largest absolute Gasteiger partial charge is 0.494 e. The Morgan fingerprint density at radius 1 is 1.13 bits per heavy atom. The van der Waals surface area contributed by atoms with Crippen LogP contribution in [0.5, 0.6) is 11.5 Å². The smallest absolute Gasteiger partial charge is 0.305 e. The number of rotatable bonds is 4. The van der Waals surface area contributed by atoms with Gasteiger partial charge in [0.2, 0.25) is 0 Å². The molecule has 0 aliphatic rings. The summed E-state index contributed by atoms with van der Waals surface area (Å²) in [7, 11) is 3.07. The van der Waals surface area contributed by atoms with Crippen LogP contribution in [0.4, 0.5) is 5.69 Å². The van der Waals surface area contributed by atoms with Crippen molar-refractivity contribution in [2.75, 3.05) is 19.5 Å². The van der Waals surface area contributed by atoms with Crippen LogP contribution >= 0.6 is 28.1 Å². The van der Waals surface area contributed by atoms with Crippen molar-refractivity contribution in [2.45, 2.75) is 0 Å². The zero-order valence-electron chi connectivity index (χ0n) is 12.3. The van der Waals surface area contributed by atoms with Crippen molar-refractivity contribution < 1.29 is 18.7 Å². The molecule has 23 heavy (non-hydrogen) atoms. The van der Waals surface area contributed by atoms with Crippen LogP contribution in [0.1, 0.15) is 10.6 Å². The predicted molar refractivity (Wildman–Crippen MR) is 92.8 cm³/mol. The van der Waals surface area contributed by atoms with Crippen molar-refractivity contribution in [3.8, 4) is 11.5 Å². The van der Waals surface area contributed by atoms with Gasteiger partial charge in [0.15, 0.2) is 15.5 Å². The molecular weight excluding hydrogens is 386 g/mol. The molecule has 0 aliphatic heterocycles. The lowest BCUT2D eigenvalue weighted by atomic mass is 10.2. The van der Waals surface area contributed by atoms with Crippen LogP contribution in [0.3, 0.4) is 0 Å². The minimum Gasteiger partial charge on any atom is -0.494 e. The van der Waals surface area contributed by atoms with E-state index in [1.165, 1.54) is 20.3 Å². The molecule has 0 radical (unpaired) electrons. The van der Waals surface area contributed by atoms with Crippen LogP contribution in [-0.2, 0) is 0 Å². The highest BCUT2D eigenvalue weighted by Crippen LogP contribution is 2.33. The summed E-state index contributed by atoms with van der Waals surface area (Å²) in [4.78, 5) is 11.8. The molecule has 0 atom stereocenters. The van der Waals surface area contributed by atoms with E-state index in [2.05, 4.69) is 32.1 Å². The summed E-state index contributed by atoms with van der Waals surface area (Å²) in [5.74, 6) is 0.776. The molecule has 122 valence electrons. The average molecular weight is 400 g/mol. The van der Waals surface area contributed by atoms with Gasteiger partial charge in [0.1, 0.15) is 17.2 Å². The number of carbonyl (C=O) groups excluding carboxylic acids is 1. The van der Waals surface area contributed by atoms with E-state index in [4.69, 9.17) is 26.1 Å². The molecule has 2 aromatic rings. The van der Waals surface area contributed by atoms with Gasteiger partial charge in [-0.15, -0.1) is 0 Å². The number of furan rings is 1. The minimum atomic E-state index is -0.466. The number of hydrogen-bond acceptors (Lipinski definition) is 5. The first-order chi connectivity index (χ1) is 11.0. The summed E-state index contributed by atoms with van der Waals surface area (Å²) >= 11 is 8.26. The van der Waals surface area contributed by atoms with Crippen LogP contribution in [0, 0.1) is 0 Å². The number of thiocarbonyl (C=S) groups is 1. The van der Waals surface area contributed by atoms with Gasteiger partial charge in [-0.3, -0.25) is 15.6 Å². The van der Waals surface area contributed by atoms with Crippen molar-refractivity contribution in [1.29, 1.82) is 0 Å². The fraction of sp³-hybridized carbons (Fsp3) is 0.143. The Bertz CT molecular complexity index is 698. The third-order valence-electron chi connectivity index (χ3n) is 2.75. The van der Waals surface area contributed by atoms with E-state index < -0.39 is 5.91 Å². The number of amides is 1. The van der Waals surface area contributed by atoms with E-state index in [1.54, 1.807) is 24.3 Å². The van der Waals surface area contributed by atoms with Crippen LogP contribution in [-0.4, -0.2) is 25.2 Å². The van der Waals surface area contributed by atoms with Gasteiger partial charge in [0.05, 0.1) is 14.2 Å². The molecule has 0 unspecified atom stereocenters. The first-order valence-electron chi connectivity index (χ1n) is 6.38.